The minimum atomic E-state index is -5.08. The maximum absolute atomic E-state index is 13.6. The molecule has 20 heteroatoms. The van der Waals surface area contributed by atoms with Crippen molar-refractivity contribution < 1.29 is 47.0 Å². The lowest BCUT2D eigenvalue weighted by Gasteiger charge is -2.51. The number of alkyl halides is 3. The van der Waals surface area contributed by atoms with Gasteiger partial charge in [0.1, 0.15) is 18.4 Å². The molecule has 2 N–H and O–H groups in total. The molecule has 3 aromatic carbocycles. The molecule has 396 valence electrons. The molecular weight excluding hydrogens is 991 g/mol. The van der Waals surface area contributed by atoms with Gasteiger partial charge in [0.2, 0.25) is 17.8 Å². The summed E-state index contributed by atoms with van der Waals surface area (Å²) in [6, 6.07) is 23.5. The molecule has 0 aliphatic carbocycles. The average Bonchev–Trinajstić information content (AvgIpc) is 3.66. The summed E-state index contributed by atoms with van der Waals surface area (Å²) in [6.45, 7) is 12.8. The van der Waals surface area contributed by atoms with E-state index in [1.807, 2.05) is 48.7 Å². The maximum Gasteiger partial charge on any atom is 0.490 e. The van der Waals surface area contributed by atoms with Crippen molar-refractivity contribution in [2.45, 2.75) is 114 Å². The number of nitrogens with one attached hydrogen (secondary N) is 1. The highest BCUT2D eigenvalue weighted by Crippen LogP contribution is 2.43. The number of likely N-dealkylation sites (tertiary alicyclic amines) is 2. The Morgan fingerprint density at radius 2 is 1.47 bits per heavy atom. The Kier molecular flexibility index (Phi) is 15.6. The lowest BCUT2D eigenvalue weighted by molar-refractivity contribution is -0.192. The minimum absolute atomic E-state index is 0.105. The van der Waals surface area contributed by atoms with Gasteiger partial charge in [0.25, 0.3) is 11.8 Å². The van der Waals surface area contributed by atoms with E-state index in [0.717, 1.165) is 124 Å². The number of hydrogen-bond donors (Lipinski definition) is 2. The van der Waals surface area contributed by atoms with E-state index in [0.29, 0.717) is 40.4 Å². The summed E-state index contributed by atoms with van der Waals surface area (Å²) in [5, 5.41) is 19.4. The van der Waals surface area contributed by atoms with Crippen LogP contribution in [0.3, 0.4) is 0 Å². The topological polar surface area (TPSA) is 193 Å². The number of amides is 4. The summed E-state index contributed by atoms with van der Waals surface area (Å²) in [5.74, 6) is -3.11. The molecule has 1 unspecified atom stereocenters. The van der Waals surface area contributed by atoms with Crippen molar-refractivity contribution >= 4 is 52.8 Å². The van der Waals surface area contributed by atoms with E-state index in [1.165, 1.54) is 19.3 Å². The number of carbonyl (C=O) groups is 5. The van der Waals surface area contributed by atoms with Crippen LogP contribution in [0.15, 0.2) is 72.9 Å². The van der Waals surface area contributed by atoms with Crippen LogP contribution in [-0.4, -0.2) is 136 Å². The Morgan fingerprint density at radius 3 is 2.12 bits per heavy atom. The van der Waals surface area contributed by atoms with E-state index in [-0.39, 0.29) is 29.6 Å². The number of benzene rings is 3. The van der Waals surface area contributed by atoms with Gasteiger partial charge in [-0.15, -0.1) is 0 Å². The number of carbonyl (C=O) groups excluding carboxylic acids is 4. The van der Waals surface area contributed by atoms with Crippen molar-refractivity contribution in [3.8, 4) is 11.8 Å². The number of piperidine rings is 5. The molecule has 1 spiro atoms. The number of fused-ring (bicyclic) bond motifs is 1. The number of ether oxygens (including phenoxy) is 1. The second kappa shape index (κ2) is 21.9. The predicted molar refractivity (Wildman–Crippen MR) is 272 cm³/mol. The van der Waals surface area contributed by atoms with E-state index < -0.39 is 35.9 Å². The SMILES string of the molecule is CC(C)(c1ccc(OCc2ccnc(N3CCC(N4CCC(N5CCC6(CCCN(c7ccc8c(c7)C(=O)N(C7CCC(=O)NC7=O)C8=O)C6)CC5)CC4)CC3)n2)cc1)c1cc(Cl)cc(C#N)c1.O=C(O)C(F)(F)F. The first-order valence-corrected chi connectivity index (χ1v) is 26.1. The zero-order valence-corrected chi connectivity index (χ0v) is 42.8. The molecule has 0 bridgehead atoms. The van der Waals surface area contributed by atoms with Crippen LogP contribution in [0.4, 0.5) is 24.8 Å². The van der Waals surface area contributed by atoms with Crippen molar-refractivity contribution in [2.24, 2.45) is 5.41 Å². The first kappa shape index (κ1) is 53.2. The van der Waals surface area contributed by atoms with Crippen LogP contribution in [-0.2, 0) is 26.4 Å². The van der Waals surface area contributed by atoms with E-state index >= 15 is 0 Å². The number of aliphatic carboxylic acids is 1. The van der Waals surface area contributed by atoms with Crippen LogP contribution in [0.2, 0.25) is 5.02 Å². The molecule has 7 heterocycles. The number of carboxylic acids is 1. The van der Waals surface area contributed by atoms with Gasteiger partial charge in [-0.2, -0.15) is 18.4 Å². The molecule has 6 aliphatic rings. The van der Waals surface area contributed by atoms with Gasteiger partial charge < -0.3 is 29.4 Å². The number of carboxylic acid groups (broad SMARTS) is 1. The molecule has 1 atom stereocenters. The maximum atomic E-state index is 13.6. The highest BCUT2D eigenvalue weighted by molar-refractivity contribution is 6.30. The fourth-order valence-electron chi connectivity index (χ4n) is 11.8. The van der Waals surface area contributed by atoms with Crippen LogP contribution < -0.4 is 19.9 Å². The molecular formula is C55H61ClF3N9O7. The zero-order valence-electron chi connectivity index (χ0n) is 42.1. The number of nitriles is 1. The van der Waals surface area contributed by atoms with Crippen molar-refractivity contribution in [2.75, 3.05) is 62.2 Å². The Balaban J connectivity index is 0.000000920. The standard InChI is InChI=1S/C53H60ClN9O5.C2HF3O2/c1-52(2,37-28-35(32-55)29-38(54)30-37)36-4-7-43(8-5-36)68-33-39-12-20-56-51(57-39)61-24-15-40(16-25-61)59-22-13-41(14-23-59)60-26-18-53(19-27-60)17-3-21-62(34-53)42-6-9-44-45(31-42)50(67)63(49(44)66)46-10-11-47(64)58-48(46)65;3-2(4,5)1(6)7/h4-9,12,20,28-31,40-41,46H,3,10-11,13-19,21-27,33-34H2,1-2H3,(H,58,64,65);(H,6,7). The Labute approximate surface area is 438 Å². The first-order valence-electron chi connectivity index (χ1n) is 25.7. The second-order valence-corrected chi connectivity index (χ2v) is 21.6. The van der Waals surface area contributed by atoms with E-state index in [9.17, 15) is 37.6 Å². The molecule has 5 fully saturated rings. The molecule has 16 nitrogen and oxygen atoms in total. The third kappa shape index (κ3) is 11.8. The molecule has 5 saturated heterocycles. The summed E-state index contributed by atoms with van der Waals surface area (Å²) in [6.07, 6.45) is 6.22. The predicted octanol–water partition coefficient (Wildman–Crippen LogP) is 7.76. The number of imide groups is 2. The van der Waals surface area contributed by atoms with Crippen LogP contribution >= 0.6 is 11.6 Å². The molecule has 4 amide bonds. The highest BCUT2D eigenvalue weighted by atomic mass is 35.5. The quantitative estimate of drug-likeness (QED) is 0.147. The first-order chi connectivity index (χ1) is 35.8. The molecule has 0 saturated carbocycles. The Bertz CT molecular complexity index is 2850. The number of rotatable bonds is 10. The molecule has 1 aromatic heterocycles. The van der Waals surface area contributed by atoms with Gasteiger partial charge in [0.15, 0.2) is 0 Å². The van der Waals surface area contributed by atoms with Gasteiger partial charge >= 0.3 is 12.1 Å². The summed E-state index contributed by atoms with van der Waals surface area (Å²) in [4.78, 5) is 80.9. The Hall–Kier alpha value is -6.62. The molecule has 0 radical (unpaired) electrons. The summed E-state index contributed by atoms with van der Waals surface area (Å²) in [7, 11) is 0. The van der Waals surface area contributed by atoms with Crippen LogP contribution in [0.1, 0.15) is 121 Å². The van der Waals surface area contributed by atoms with Crippen molar-refractivity contribution in [1.29, 1.82) is 5.26 Å². The molecule has 4 aromatic rings. The van der Waals surface area contributed by atoms with Gasteiger partial charge in [0.05, 0.1) is 28.5 Å². The molecule has 75 heavy (non-hydrogen) atoms. The van der Waals surface area contributed by atoms with Gasteiger partial charge in [-0.3, -0.25) is 29.4 Å². The lowest BCUT2D eigenvalue weighted by atomic mass is 9.72. The summed E-state index contributed by atoms with van der Waals surface area (Å²) >= 11 is 6.33. The van der Waals surface area contributed by atoms with Crippen LogP contribution in [0, 0.1) is 16.7 Å². The molecule has 10 rings (SSSR count). The summed E-state index contributed by atoms with van der Waals surface area (Å²) in [5.41, 5.74) is 4.97. The minimum Gasteiger partial charge on any atom is -0.487 e. The van der Waals surface area contributed by atoms with Gasteiger partial charge in [-0.05, 0) is 155 Å². The highest BCUT2D eigenvalue weighted by Gasteiger charge is 2.46. The largest absolute Gasteiger partial charge is 0.490 e. The number of hydrogen-bond acceptors (Lipinski definition) is 13. The summed E-state index contributed by atoms with van der Waals surface area (Å²) < 4.78 is 37.9. The Morgan fingerprint density at radius 1 is 0.813 bits per heavy atom. The van der Waals surface area contributed by atoms with Gasteiger partial charge in [0, 0.05) is 67.0 Å². The number of halogens is 4. The number of aromatic nitrogens is 2. The average molecular weight is 1050 g/mol. The number of nitrogens with zero attached hydrogens (tertiary/aromatic N) is 8. The lowest BCUT2D eigenvalue weighted by Crippen LogP contribution is -2.55. The van der Waals surface area contributed by atoms with Crippen LogP contribution in [0.25, 0.3) is 0 Å². The zero-order chi connectivity index (χ0) is 53.2. The third-order valence-electron chi connectivity index (χ3n) is 16.2. The van der Waals surface area contributed by atoms with E-state index in [1.54, 1.807) is 12.1 Å². The van der Waals surface area contributed by atoms with Gasteiger partial charge in [-0.25, -0.2) is 14.8 Å². The fourth-order valence-corrected chi connectivity index (χ4v) is 12.1. The molecule has 6 aliphatic heterocycles. The fraction of sp³-hybridized carbons (Fsp3) is 0.491. The monoisotopic (exact) mass is 1050 g/mol. The third-order valence-corrected chi connectivity index (χ3v) is 16.5. The van der Waals surface area contributed by atoms with Gasteiger partial charge in [-0.1, -0.05) is 37.6 Å². The van der Waals surface area contributed by atoms with Crippen molar-refractivity contribution in [3.63, 3.8) is 0 Å². The van der Waals surface area contributed by atoms with Crippen molar-refractivity contribution in [1.82, 2.24) is 30.0 Å². The van der Waals surface area contributed by atoms with E-state index in [2.05, 4.69) is 61.9 Å². The normalized spacial score (nSPS) is 21.1. The second-order valence-electron chi connectivity index (χ2n) is 21.2. The number of anilines is 2. The van der Waals surface area contributed by atoms with Crippen molar-refractivity contribution in [3.05, 3.63) is 111 Å². The smallest absolute Gasteiger partial charge is 0.487 e. The van der Waals surface area contributed by atoms with Crippen LogP contribution in [0.5, 0.6) is 5.75 Å². The van der Waals surface area contributed by atoms with E-state index in [4.69, 9.17) is 31.2 Å².